The molecule has 1 heterocycles. The average molecular weight is 248 g/mol. The highest BCUT2D eigenvalue weighted by Crippen LogP contribution is 2.33. The highest BCUT2D eigenvalue weighted by atomic mass is 16.3. The maximum Gasteiger partial charge on any atom is 0.253 e. The summed E-state index contributed by atoms with van der Waals surface area (Å²) in [5, 5.41) is 12.4. The zero-order valence-electron chi connectivity index (χ0n) is 10.9. The molecule has 1 aliphatic rings. The van der Waals surface area contributed by atoms with Gasteiger partial charge in [0.2, 0.25) is 0 Å². The predicted octanol–water partition coefficient (Wildman–Crippen LogP) is 2.34. The molecule has 98 valence electrons. The first-order valence-electron chi connectivity index (χ1n) is 6.56. The van der Waals surface area contributed by atoms with Crippen LogP contribution in [0.15, 0.2) is 18.5 Å². The Morgan fingerprint density at radius 2 is 2.28 bits per heavy atom. The third-order valence-corrected chi connectivity index (χ3v) is 4.05. The van der Waals surface area contributed by atoms with Gasteiger partial charge in [0.05, 0.1) is 11.8 Å². The van der Waals surface area contributed by atoms with Gasteiger partial charge < -0.3 is 10.4 Å². The summed E-state index contributed by atoms with van der Waals surface area (Å²) in [5.41, 5.74) is 0.419. The van der Waals surface area contributed by atoms with Gasteiger partial charge in [0, 0.05) is 12.2 Å². The van der Waals surface area contributed by atoms with Crippen molar-refractivity contribution in [3.05, 3.63) is 24.0 Å². The minimum atomic E-state index is -0.146. The van der Waals surface area contributed by atoms with Crippen LogP contribution in [0.3, 0.4) is 0 Å². The topological polar surface area (TPSA) is 62.2 Å². The van der Waals surface area contributed by atoms with E-state index in [1.165, 1.54) is 31.3 Å². The number of carbonyl (C=O) groups excluding carboxylic acids is 1. The van der Waals surface area contributed by atoms with Gasteiger partial charge in [-0.3, -0.25) is 9.78 Å². The molecule has 1 amide bonds. The Balaban J connectivity index is 2.00. The molecule has 1 aromatic heterocycles. The number of rotatable bonds is 3. The summed E-state index contributed by atoms with van der Waals surface area (Å²) in [6, 6.07) is 1.68. The van der Waals surface area contributed by atoms with Crippen LogP contribution in [-0.2, 0) is 0 Å². The molecule has 1 saturated carbocycles. The minimum Gasteiger partial charge on any atom is -0.506 e. The largest absolute Gasteiger partial charge is 0.506 e. The predicted molar refractivity (Wildman–Crippen MR) is 69.3 cm³/mol. The molecule has 4 nitrogen and oxygen atoms in total. The Morgan fingerprint density at radius 3 is 2.89 bits per heavy atom. The number of carbonyl (C=O) groups is 1. The van der Waals surface area contributed by atoms with Crippen molar-refractivity contribution >= 4 is 5.91 Å². The van der Waals surface area contributed by atoms with E-state index in [0.29, 0.717) is 17.4 Å². The number of nitrogens with zero attached hydrogens (tertiary/aromatic N) is 1. The quantitative estimate of drug-likeness (QED) is 0.863. The first-order chi connectivity index (χ1) is 8.61. The van der Waals surface area contributed by atoms with Gasteiger partial charge in [-0.25, -0.2) is 0 Å². The molecule has 0 bridgehead atoms. The molecule has 0 radical (unpaired) electrons. The smallest absolute Gasteiger partial charge is 0.253 e. The molecule has 1 aromatic rings. The average Bonchev–Trinajstić information content (AvgIpc) is 2.70. The summed E-state index contributed by atoms with van der Waals surface area (Å²) < 4.78 is 0. The third-order valence-electron chi connectivity index (χ3n) is 4.05. The number of aromatic nitrogens is 1. The summed E-state index contributed by atoms with van der Waals surface area (Å²) in [6.45, 7) is 4.40. The van der Waals surface area contributed by atoms with Crippen LogP contribution in [0.1, 0.15) is 43.5 Å². The van der Waals surface area contributed by atoms with Crippen molar-refractivity contribution in [3.63, 3.8) is 0 Å². The summed E-state index contributed by atoms with van der Waals surface area (Å²) in [4.78, 5) is 15.9. The van der Waals surface area contributed by atoms with Crippen LogP contribution < -0.4 is 5.32 Å². The van der Waals surface area contributed by atoms with Crippen LogP contribution in [0, 0.1) is 11.8 Å². The maximum absolute atomic E-state index is 12.0. The van der Waals surface area contributed by atoms with Crippen molar-refractivity contribution in [1.82, 2.24) is 10.3 Å². The molecule has 1 fully saturated rings. The van der Waals surface area contributed by atoms with Crippen molar-refractivity contribution in [2.24, 2.45) is 11.8 Å². The number of amides is 1. The van der Waals surface area contributed by atoms with Crippen molar-refractivity contribution < 1.29 is 9.90 Å². The number of hydrogen-bond acceptors (Lipinski definition) is 3. The Morgan fingerprint density at radius 1 is 1.50 bits per heavy atom. The van der Waals surface area contributed by atoms with E-state index in [0.717, 1.165) is 6.42 Å². The van der Waals surface area contributed by atoms with Gasteiger partial charge in [-0.1, -0.05) is 20.3 Å². The number of aromatic hydroxyl groups is 1. The lowest BCUT2D eigenvalue weighted by atomic mass is 9.93. The second kappa shape index (κ2) is 5.38. The molecule has 0 saturated heterocycles. The first kappa shape index (κ1) is 12.9. The van der Waals surface area contributed by atoms with Crippen molar-refractivity contribution in [3.8, 4) is 5.75 Å². The lowest BCUT2D eigenvalue weighted by Crippen LogP contribution is -2.37. The summed E-state index contributed by atoms with van der Waals surface area (Å²) in [5.74, 6) is 1.10. The summed E-state index contributed by atoms with van der Waals surface area (Å²) in [7, 11) is 0. The molecule has 0 spiro atoms. The van der Waals surface area contributed by atoms with Crippen LogP contribution in [0.5, 0.6) is 5.75 Å². The zero-order valence-corrected chi connectivity index (χ0v) is 10.9. The van der Waals surface area contributed by atoms with Gasteiger partial charge in [0.1, 0.15) is 5.75 Å². The molecular weight excluding hydrogens is 228 g/mol. The molecule has 2 N–H and O–H groups in total. The SMILES string of the molecule is CCC1CCC(NC(=O)c2cncc(O)c2)C1C. The second-order valence-corrected chi connectivity index (χ2v) is 5.12. The Labute approximate surface area is 107 Å². The highest BCUT2D eigenvalue weighted by molar-refractivity contribution is 5.94. The van der Waals surface area contributed by atoms with Crippen LogP contribution >= 0.6 is 0 Å². The molecule has 18 heavy (non-hydrogen) atoms. The zero-order chi connectivity index (χ0) is 13.1. The Hall–Kier alpha value is -1.58. The fourth-order valence-corrected chi connectivity index (χ4v) is 2.83. The Bertz CT molecular complexity index is 434. The molecule has 3 unspecified atom stereocenters. The molecule has 1 aliphatic carbocycles. The van der Waals surface area contributed by atoms with Crippen molar-refractivity contribution in [1.29, 1.82) is 0 Å². The van der Waals surface area contributed by atoms with Gasteiger partial charge in [0.15, 0.2) is 0 Å². The fourth-order valence-electron chi connectivity index (χ4n) is 2.83. The number of nitrogens with one attached hydrogen (secondary N) is 1. The van der Waals surface area contributed by atoms with Crippen molar-refractivity contribution in [2.45, 2.75) is 39.2 Å². The second-order valence-electron chi connectivity index (χ2n) is 5.12. The number of hydrogen-bond donors (Lipinski definition) is 2. The molecule has 4 heteroatoms. The van der Waals surface area contributed by atoms with E-state index in [-0.39, 0.29) is 17.7 Å². The third kappa shape index (κ3) is 2.63. The van der Waals surface area contributed by atoms with Gasteiger partial charge in [-0.05, 0) is 30.7 Å². The molecular formula is C14H20N2O2. The van der Waals surface area contributed by atoms with E-state index in [9.17, 15) is 9.90 Å². The molecule has 0 aromatic carbocycles. The highest BCUT2D eigenvalue weighted by Gasteiger charge is 2.32. The monoisotopic (exact) mass is 248 g/mol. The molecule has 2 rings (SSSR count). The van der Waals surface area contributed by atoms with E-state index < -0.39 is 0 Å². The van der Waals surface area contributed by atoms with Crippen LogP contribution in [0.2, 0.25) is 0 Å². The lowest BCUT2D eigenvalue weighted by Gasteiger charge is -2.20. The number of pyridine rings is 1. The van der Waals surface area contributed by atoms with Crippen molar-refractivity contribution in [2.75, 3.05) is 0 Å². The standard InChI is InChI=1S/C14H20N2O2/c1-3-10-4-5-13(9(10)2)16-14(18)11-6-12(17)8-15-7-11/h6-10,13,17H,3-5H2,1-2H3,(H,16,18). The van der Waals surface area contributed by atoms with E-state index in [4.69, 9.17) is 0 Å². The van der Waals surface area contributed by atoms with E-state index in [1.807, 2.05) is 0 Å². The maximum atomic E-state index is 12.0. The van der Waals surface area contributed by atoms with Gasteiger partial charge in [-0.15, -0.1) is 0 Å². The fraction of sp³-hybridized carbons (Fsp3) is 0.571. The van der Waals surface area contributed by atoms with Gasteiger partial charge in [-0.2, -0.15) is 0 Å². The van der Waals surface area contributed by atoms with Crippen LogP contribution in [-0.4, -0.2) is 22.0 Å². The first-order valence-corrected chi connectivity index (χ1v) is 6.56. The van der Waals surface area contributed by atoms with E-state index >= 15 is 0 Å². The normalized spacial score (nSPS) is 27.1. The van der Waals surface area contributed by atoms with E-state index in [1.54, 1.807) is 0 Å². The van der Waals surface area contributed by atoms with E-state index in [2.05, 4.69) is 24.1 Å². The Kier molecular flexibility index (Phi) is 3.84. The minimum absolute atomic E-state index is 0.0218. The summed E-state index contributed by atoms with van der Waals surface area (Å²) >= 11 is 0. The lowest BCUT2D eigenvalue weighted by molar-refractivity contribution is 0.0925. The van der Waals surface area contributed by atoms with Crippen LogP contribution in [0.25, 0.3) is 0 Å². The van der Waals surface area contributed by atoms with Gasteiger partial charge in [0.25, 0.3) is 5.91 Å². The molecule has 3 atom stereocenters. The van der Waals surface area contributed by atoms with Gasteiger partial charge >= 0.3 is 0 Å². The summed E-state index contributed by atoms with van der Waals surface area (Å²) in [6.07, 6.45) is 6.19. The molecule has 0 aliphatic heterocycles. The van der Waals surface area contributed by atoms with Crippen LogP contribution in [0.4, 0.5) is 0 Å².